The topological polar surface area (TPSA) is 55.6 Å². The van der Waals surface area contributed by atoms with Crippen LogP contribution in [0.1, 0.15) is 11.4 Å². The molecule has 112 valence electrons. The van der Waals surface area contributed by atoms with Gasteiger partial charge in [-0.1, -0.05) is 0 Å². The first-order valence-corrected chi connectivity index (χ1v) is 9.21. The molecule has 1 fully saturated rings. The summed E-state index contributed by atoms with van der Waals surface area (Å²) in [6, 6.07) is 2.04. The van der Waals surface area contributed by atoms with Gasteiger partial charge in [0.25, 0.3) is 0 Å². The molecule has 0 bridgehead atoms. The Morgan fingerprint density at radius 2 is 2.24 bits per heavy atom. The maximum Gasteiger partial charge on any atom is 0.174 e. The molecule has 1 N–H and O–H groups in total. The van der Waals surface area contributed by atoms with E-state index in [-0.39, 0.29) is 0 Å². The number of nitrogens with one attached hydrogen (secondary N) is 1. The summed E-state index contributed by atoms with van der Waals surface area (Å²) >= 11 is 4.07. The van der Waals surface area contributed by atoms with Crippen LogP contribution >= 0.6 is 23.5 Å². The number of thioether (sulfide) groups is 2. The Labute approximate surface area is 133 Å². The van der Waals surface area contributed by atoms with Crippen LogP contribution in [0.5, 0.6) is 0 Å². The smallest absolute Gasteiger partial charge is 0.174 e. The molecule has 1 unspecified atom stereocenters. The first-order valence-electron chi connectivity index (χ1n) is 7.01. The largest absolute Gasteiger partial charge is 0.368 e. The van der Waals surface area contributed by atoms with E-state index >= 15 is 0 Å². The molecule has 0 radical (unpaired) electrons. The van der Waals surface area contributed by atoms with Crippen molar-refractivity contribution in [2.75, 3.05) is 29.1 Å². The molecule has 21 heavy (non-hydrogen) atoms. The predicted molar refractivity (Wildman–Crippen MR) is 90.7 cm³/mol. The Hall–Kier alpha value is -1.21. The maximum atomic E-state index is 4.61. The first kappa shape index (κ1) is 14.7. The van der Waals surface area contributed by atoms with Crippen molar-refractivity contribution in [3.05, 3.63) is 29.8 Å². The zero-order chi connectivity index (χ0) is 14.7. The summed E-state index contributed by atoms with van der Waals surface area (Å²) in [7, 11) is 0. The second-order valence-electron chi connectivity index (χ2n) is 5.05. The van der Waals surface area contributed by atoms with E-state index in [1.807, 2.05) is 48.1 Å². The number of rotatable bonds is 4. The number of aryl methyl sites for hydroxylation is 2. The second kappa shape index (κ2) is 6.70. The highest BCUT2D eigenvalue weighted by molar-refractivity contribution is 8.06. The van der Waals surface area contributed by atoms with Crippen LogP contribution < -0.4 is 5.32 Å². The third kappa shape index (κ3) is 3.71. The Bertz CT molecular complexity index is 607. The van der Waals surface area contributed by atoms with Gasteiger partial charge in [-0.05, 0) is 19.9 Å². The molecule has 0 aliphatic carbocycles. The Morgan fingerprint density at radius 1 is 1.33 bits per heavy atom. The predicted octanol–water partition coefficient (Wildman–Crippen LogP) is 2.54. The fraction of sp³-hybridized carbons (Fsp3) is 0.500. The van der Waals surface area contributed by atoms with Gasteiger partial charge in [0.15, 0.2) is 5.82 Å². The normalized spacial score (nSPS) is 18.7. The van der Waals surface area contributed by atoms with Gasteiger partial charge in [0.1, 0.15) is 5.82 Å². The van der Waals surface area contributed by atoms with E-state index in [4.69, 9.17) is 0 Å². The van der Waals surface area contributed by atoms with Crippen molar-refractivity contribution >= 4 is 29.3 Å². The van der Waals surface area contributed by atoms with E-state index in [2.05, 4.69) is 20.4 Å². The van der Waals surface area contributed by atoms with Crippen molar-refractivity contribution in [2.24, 2.45) is 0 Å². The molecule has 5 nitrogen and oxygen atoms in total. The van der Waals surface area contributed by atoms with Crippen molar-refractivity contribution in [1.82, 2.24) is 19.7 Å². The van der Waals surface area contributed by atoms with Crippen molar-refractivity contribution in [2.45, 2.75) is 19.1 Å². The van der Waals surface area contributed by atoms with Crippen LogP contribution in [0.2, 0.25) is 0 Å². The van der Waals surface area contributed by atoms with Crippen molar-refractivity contribution in [1.29, 1.82) is 0 Å². The van der Waals surface area contributed by atoms with Gasteiger partial charge in [0.05, 0.1) is 18.1 Å². The maximum absolute atomic E-state index is 4.61. The van der Waals surface area contributed by atoms with Crippen molar-refractivity contribution in [3.8, 4) is 5.82 Å². The Balaban J connectivity index is 1.69. The molecule has 0 spiro atoms. The summed E-state index contributed by atoms with van der Waals surface area (Å²) in [6.45, 7) is 4.95. The van der Waals surface area contributed by atoms with Gasteiger partial charge in [-0.15, -0.1) is 0 Å². The minimum Gasteiger partial charge on any atom is -0.368 e. The molecule has 3 heterocycles. The van der Waals surface area contributed by atoms with Crippen molar-refractivity contribution < 1.29 is 0 Å². The van der Waals surface area contributed by atoms with E-state index in [0.717, 1.165) is 29.6 Å². The van der Waals surface area contributed by atoms with Crippen LogP contribution in [0, 0.1) is 13.8 Å². The molecule has 2 aromatic rings. The molecule has 0 aromatic carbocycles. The minimum atomic E-state index is 0.655. The molecule has 1 saturated heterocycles. The lowest BCUT2D eigenvalue weighted by atomic mass is 10.4. The zero-order valence-corrected chi connectivity index (χ0v) is 13.9. The van der Waals surface area contributed by atoms with Gasteiger partial charge < -0.3 is 5.32 Å². The molecule has 2 aromatic heterocycles. The number of hydrogen-bond acceptors (Lipinski definition) is 6. The monoisotopic (exact) mass is 321 g/mol. The van der Waals surface area contributed by atoms with Crippen LogP contribution in [0.25, 0.3) is 5.82 Å². The molecule has 0 amide bonds. The van der Waals surface area contributed by atoms with Crippen molar-refractivity contribution in [3.63, 3.8) is 0 Å². The third-order valence-corrected chi connectivity index (χ3v) is 6.09. The van der Waals surface area contributed by atoms with Gasteiger partial charge >= 0.3 is 0 Å². The van der Waals surface area contributed by atoms with E-state index in [0.29, 0.717) is 5.25 Å². The van der Waals surface area contributed by atoms with Crippen LogP contribution in [0.15, 0.2) is 18.5 Å². The molecule has 1 aliphatic rings. The molecule has 0 saturated carbocycles. The molecule has 1 atom stereocenters. The van der Waals surface area contributed by atoms with Crippen LogP contribution in [-0.2, 0) is 0 Å². The van der Waals surface area contributed by atoms with Gasteiger partial charge in [0, 0.05) is 34.7 Å². The molecule has 1 aliphatic heterocycles. The molecular formula is C14H19N5S2. The highest BCUT2D eigenvalue weighted by Gasteiger charge is 2.14. The Kier molecular flexibility index (Phi) is 4.70. The lowest BCUT2D eigenvalue weighted by molar-refractivity contribution is 0.798. The molecule has 3 rings (SSSR count). The first-order chi connectivity index (χ1) is 10.2. The minimum absolute atomic E-state index is 0.655. The van der Waals surface area contributed by atoms with Crippen LogP contribution in [-0.4, -0.2) is 48.8 Å². The third-order valence-electron chi connectivity index (χ3n) is 3.24. The average molecular weight is 321 g/mol. The highest BCUT2D eigenvalue weighted by Crippen LogP contribution is 2.24. The van der Waals surface area contributed by atoms with Gasteiger partial charge in [-0.3, -0.25) is 4.98 Å². The van der Waals surface area contributed by atoms with Gasteiger partial charge in [-0.25, -0.2) is 9.67 Å². The van der Waals surface area contributed by atoms with E-state index in [1.165, 1.54) is 17.3 Å². The molecule has 7 heteroatoms. The summed E-state index contributed by atoms with van der Waals surface area (Å²) in [5, 5.41) is 8.51. The summed E-state index contributed by atoms with van der Waals surface area (Å²) < 4.78 is 1.83. The number of aromatic nitrogens is 4. The summed E-state index contributed by atoms with van der Waals surface area (Å²) in [5.41, 5.74) is 2.06. The summed E-state index contributed by atoms with van der Waals surface area (Å²) in [4.78, 5) is 8.89. The molecular weight excluding hydrogens is 302 g/mol. The number of anilines is 1. The number of nitrogens with zero attached hydrogens (tertiary/aromatic N) is 4. The van der Waals surface area contributed by atoms with E-state index in [9.17, 15) is 0 Å². The zero-order valence-electron chi connectivity index (χ0n) is 12.2. The Morgan fingerprint density at radius 3 is 2.95 bits per heavy atom. The second-order valence-corrected chi connectivity index (χ2v) is 7.61. The number of hydrogen-bond donors (Lipinski definition) is 1. The SMILES string of the molecule is Cc1cc(C)n(-c2cncc(NCC3CSCCS3)n2)n1. The quantitative estimate of drug-likeness (QED) is 0.934. The van der Waals surface area contributed by atoms with E-state index < -0.39 is 0 Å². The highest BCUT2D eigenvalue weighted by atomic mass is 32.2. The fourth-order valence-electron chi connectivity index (χ4n) is 2.28. The summed E-state index contributed by atoms with van der Waals surface area (Å²) in [5.74, 6) is 5.30. The lowest BCUT2D eigenvalue weighted by Crippen LogP contribution is -2.23. The van der Waals surface area contributed by atoms with Crippen LogP contribution in [0.4, 0.5) is 5.82 Å². The lowest BCUT2D eigenvalue weighted by Gasteiger charge is -2.21. The summed E-state index contributed by atoms with van der Waals surface area (Å²) in [6.07, 6.45) is 3.52. The standard InChI is InChI=1S/C14H19N5S2/c1-10-5-11(2)19(18-10)14-8-15-7-13(17-14)16-6-12-9-20-3-4-21-12/h5,7-8,12H,3-4,6,9H2,1-2H3,(H,16,17). The van der Waals surface area contributed by atoms with Gasteiger partial charge in [0.2, 0.25) is 0 Å². The van der Waals surface area contributed by atoms with Gasteiger partial charge in [-0.2, -0.15) is 28.6 Å². The van der Waals surface area contributed by atoms with Crippen LogP contribution in [0.3, 0.4) is 0 Å². The average Bonchev–Trinajstić information content (AvgIpc) is 2.85. The fourth-order valence-corrected chi connectivity index (χ4v) is 4.89. The van der Waals surface area contributed by atoms with E-state index in [1.54, 1.807) is 12.4 Å².